The molecule has 1 unspecified atom stereocenters. The highest BCUT2D eigenvalue weighted by molar-refractivity contribution is 5.91. The molecule has 3 rings (SSSR count). The molecule has 0 radical (unpaired) electrons. The molecule has 0 bridgehead atoms. The topological polar surface area (TPSA) is 95.9 Å². The molecule has 2 atom stereocenters. The third kappa shape index (κ3) is 4.49. The second-order valence-corrected chi connectivity index (χ2v) is 6.71. The molecule has 2 N–H and O–H groups in total. The molecule has 2 amide bonds. The van der Waals surface area contributed by atoms with E-state index in [-0.39, 0.29) is 18.9 Å². The lowest BCUT2D eigenvalue weighted by atomic mass is 10.0. The van der Waals surface area contributed by atoms with Gasteiger partial charge in [-0.25, -0.2) is 4.79 Å². The number of nitrogens with one attached hydrogen (secondary N) is 1. The summed E-state index contributed by atoms with van der Waals surface area (Å²) < 4.78 is 5.12. The predicted octanol–water partition coefficient (Wildman–Crippen LogP) is 1.99. The van der Waals surface area contributed by atoms with Crippen LogP contribution in [0.1, 0.15) is 23.6 Å². The number of carboxylic acid groups (broad SMARTS) is 1. The van der Waals surface area contributed by atoms with Crippen molar-refractivity contribution in [1.82, 2.24) is 10.2 Å². The number of ether oxygens (including phenoxy) is 1. The van der Waals surface area contributed by atoms with E-state index in [1.54, 1.807) is 42.3 Å². The first-order chi connectivity index (χ1) is 13.5. The zero-order valence-corrected chi connectivity index (χ0v) is 15.5. The summed E-state index contributed by atoms with van der Waals surface area (Å²) in [5, 5.41) is 12.0. The summed E-state index contributed by atoms with van der Waals surface area (Å²) in [7, 11) is 1.59. The van der Waals surface area contributed by atoms with Crippen LogP contribution in [0.25, 0.3) is 0 Å². The van der Waals surface area contributed by atoms with Gasteiger partial charge in [0, 0.05) is 19.5 Å². The molecule has 1 saturated heterocycles. The Morgan fingerprint density at radius 3 is 2.46 bits per heavy atom. The average molecular weight is 382 g/mol. The monoisotopic (exact) mass is 382 g/mol. The molecule has 0 aliphatic carbocycles. The highest BCUT2D eigenvalue weighted by Gasteiger charge is 2.36. The zero-order valence-electron chi connectivity index (χ0n) is 15.5. The molecule has 0 saturated carbocycles. The second-order valence-electron chi connectivity index (χ2n) is 6.71. The van der Waals surface area contributed by atoms with E-state index >= 15 is 0 Å². The number of carbonyl (C=O) groups excluding carboxylic acids is 2. The lowest BCUT2D eigenvalue weighted by Crippen LogP contribution is -2.38. The Hall–Kier alpha value is -3.35. The van der Waals surface area contributed by atoms with Gasteiger partial charge in [0.25, 0.3) is 0 Å². The molecule has 0 aromatic heterocycles. The smallest absolute Gasteiger partial charge is 0.330 e. The van der Waals surface area contributed by atoms with Crippen LogP contribution in [-0.2, 0) is 20.9 Å². The van der Waals surface area contributed by atoms with Crippen molar-refractivity contribution in [2.45, 2.75) is 19.0 Å². The van der Waals surface area contributed by atoms with Crippen molar-refractivity contribution in [3.05, 3.63) is 65.7 Å². The SMILES string of the molecule is COc1ccc(CN2CC(C(=O)N[C@H](C(=O)O)c3ccccc3)CC2=O)cc1. The quantitative estimate of drug-likeness (QED) is 0.763. The van der Waals surface area contributed by atoms with Gasteiger partial charge in [-0.2, -0.15) is 0 Å². The van der Waals surface area contributed by atoms with Crippen molar-refractivity contribution < 1.29 is 24.2 Å². The first-order valence-corrected chi connectivity index (χ1v) is 8.96. The van der Waals surface area contributed by atoms with Gasteiger partial charge in [-0.3, -0.25) is 9.59 Å². The molecule has 1 heterocycles. The first-order valence-electron chi connectivity index (χ1n) is 8.96. The lowest BCUT2D eigenvalue weighted by molar-refractivity contribution is -0.142. The minimum atomic E-state index is -1.14. The Bertz CT molecular complexity index is 851. The first kappa shape index (κ1) is 19.4. The summed E-state index contributed by atoms with van der Waals surface area (Å²) in [6.07, 6.45) is 0.0725. The summed E-state index contributed by atoms with van der Waals surface area (Å²) >= 11 is 0. The van der Waals surface area contributed by atoms with E-state index in [2.05, 4.69) is 5.32 Å². The summed E-state index contributed by atoms with van der Waals surface area (Å²) in [5.41, 5.74) is 1.42. The van der Waals surface area contributed by atoms with Gasteiger partial charge in [-0.1, -0.05) is 42.5 Å². The Balaban J connectivity index is 1.63. The highest BCUT2D eigenvalue weighted by Crippen LogP contribution is 2.23. The summed E-state index contributed by atoms with van der Waals surface area (Å²) in [5.74, 6) is -1.53. The van der Waals surface area contributed by atoms with Crippen molar-refractivity contribution >= 4 is 17.8 Å². The summed E-state index contributed by atoms with van der Waals surface area (Å²) in [6, 6.07) is 14.7. The standard InChI is InChI=1S/C21H22N2O5/c1-28-17-9-7-14(8-10-17)12-23-13-16(11-18(23)24)20(25)22-19(21(26)27)15-5-3-2-4-6-15/h2-10,16,19H,11-13H2,1H3,(H,22,25)(H,26,27)/t16?,19-/m0/s1. The predicted molar refractivity (Wildman–Crippen MR) is 101 cm³/mol. The van der Waals surface area contributed by atoms with Crippen molar-refractivity contribution in [2.24, 2.45) is 5.92 Å². The van der Waals surface area contributed by atoms with E-state index < -0.39 is 23.8 Å². The number of benzene rings is 2. The molecule has 7 nitrogen and oxygen atoms in total. The van der Waals surface area contributed by atoms with Crippen LogP contribution in [0.5, 0.6) is 5.75 Å². The van der Waals surface area contributed by atoms with Crippen LogP contribution in [0.3, 0.4) is 0 Å². The number of methoxy groups -OCH3 is 1. The zero-order chi connectivity index (χ0) is 20.1. The maximum Gasteiger partial charge on any atom is 0.330 e. The van der Waals surface area contributed by atoms with E-state index in [0.717, 1.165) is 11.3 Å². The van der Waals surface area contributed by atoms with Crippen LogP contribution < -0.4 is 10.1 Å². The molecule has 1 fully saturated rings. The van der Waals surface area contributed by atoms with Gasteiger partial charge >= 0.3 is 5.97 Å². The maximum atomic E-state index is 12.6. The number of carbonyl (C=O) groups is 3. The lowest BCUT2D eigenvalue weighted by Gasteiger charge is -2.19. The van der Waals surface area contributed by atoms with Crippen molar-refractivity contribution in [3.8, 4) is 5.75 Å². The van der Waals surface area contributed by atoms with Gasteiger partial charge in [0.15, 0.2) is 6.04 Å². The molecule has 1 aliphatic rings. The molecular formula is C21H22N2O5. The molecule has 7 heteroatoms. The van der Waals surface area contributed by atoms with Gasteiger partial charge in [0.1, 0.15) is 5.75 Å². The van der Waals surface area contributed by atoms with E-state index in [9.17, 15) is 19.5 Å². The second kappa shape index (κ2) is 8.56. The van der Waals surface area contributed by atoms with Gasteiger partial charge in [0.2, 0.25) is 11.8 Å². The third-order valence-electron chi connectivity index (χ3n) is 4.78. The maximum absolute atomic E-state index is 12.6. The van der Waals surface area contributed by atoms with Crippen molar-refractivity contribution in [3.63, 3.8) is 0 Å². The largest absolute Gasteiger partial charge is 0.497 e. The number of rotatable bonds is 7. The van der Waals surface area contributed by atoms with Gasteiger partial charge < -0.3 is 20.1 Å². The molecule has 1 aliphatic heterocycles. The van der Waals surface area contributed by atoms with Gasteiger partial charge in [-0.05, 0) is 23.3 Å². The van der Waals surface area contributed by atoms with Crippen molar-refractivity contribution in [2.75, 3.05) is 13.7 Å². The van der Waals surface area contributed by atoms with Crippen LogP contribution in [-0.4, -0.2) is 41.4 Å². The molecule has 2 aromatic carbocycles. The molecule has 146 valence electrons. The highest BCUT2D eigenvalue weighted by atomic mass is 16.5. The van der Waals surface area contributed by atoms with E-state index in [1.807, 2.05) is 24.3 Å². The van der Waals surface area contributed by atoms with E-state index in [0.29, 0.717) is 12.1 Å². The fourth-order valence-electron chi connectivity index (χ4n) is 3.25. The normalized spacial score (nSPS) is 17.2. The van der Waals surface area contributed by atoms with Crippen molar-refractivity contribution in [1.29, 1.82) is 0 Å². The number of hydrogen-bond acceptors (Lipinski definition) is 4. The van der Waals surface area contributed by atoms with Crippen LogP contribution >= 0.6 is 0 Å². The summed E-state index contributed by atoms with van der Waals surface area (Å²) in [6.45, 7) is 0.658. The third-order valence-corrected chi connectivity index (χ3v) is 4.78. The van der Waals surface area contributed by atoms with E-state index in [1.165, 1.54) is 0 Å². The summed E-state index contributed by atoms with van der Waals surface area (Å²) in [4.78, 5) is 38.1. The minimum Gasteiger partial charge on any atom is -0.497 e. The molecule has 0 spiro atoms. The fourth-order valence-corrected chi connectivity index (χ4v) is 3.25. The van der Waals surface area contributed by atoms with Gasteiger partial charge in [0.05, 0.1) is 13.0 Å². The van der Waals surface area contributed by atoms with E-state index in [4.69, 9.17) is 4.74 Å². The Morgan fingerprint density at radius 1 is 1.18 bits per heavy atom. The minimum absolute atomic E-state index is 0.0725. The fraction of sp³-hybridized carbons (Fsp3) is 0.286. The number of likely N-dealkylation sites (tertiary alicyclic amines) is 1. The van der Waals surface area contributed by atoms with Crippen LogP contribution in [0.15, 0.2) is 54.6 Å². The van der Waals surface area contributed by atoms with Crippen LogP contribution in [0, 0.1) is 5.92 Å². The van der Waals surface area contributed by atoms with Crippen LogP contribution in [0.4, 0.5) is 0 Å². The Kier molecular flexibility index (Phi) is 5.93. The average Bonchev–Trinajstić information content (AvgIpc) is 3.07. The Labute approximate surface area is 162 Å². The number of aliphatic carboxylic acids is 1. The molecular weight excluding hydrogens is 360 g/mol. The number of amides is 2. The number of carboxylic acids is 1. The Morgan fingerprint density at radius 2 is 1.86 bits per heavy atom. The number of hydrogen-bond donors (Lipinski definition) is 2. The number of nitrogens with zero attached hydrogens (tertiary/aromatic N) is 1. The van der Waals surface area contributed by atoms with Crippen LogP contribution in [0.2, 0.25) is 0 Å². The van der Waals surface area contributed by atoms with Gasteiger partial charge in [-0.15, -0.1) is 0 Å². The molecule has 2 aromatic rings. The molecule has 28 heavy (non-hydrogen) atoms.